The number of anilines is 1. The van der Waals surface area contributed by atoms with Crippen molar-refractivity contribution in [2.75, 3.05) is 25.5 Å². The molecule has 124 valence electrons. The molecule has 22 heavy (non-hydrogen) atoms. The summed E-state index contributed by atoms with van der Waals surface area (Å²) in [6.07, 6.45) is 3.17. The molecule has 4 heteroatoms. The average molecular weight is 306 g/mol. The molecule has 0 bridgehead atoms. The van der Waals surface area contributed by atoms with E-state index < -0.39 is 6.10 Å². The van der Waals surface area contributed by atoms with Crippen LogP contribution in [0.1, 0.15) is 51.2 Å². The van der Waals surface area contributed by atoms with Gasteiger partial charge < -0.3 is 15.3 Å². The molecule has 1 atom stereocenters. The molecule has 0 aliphatic carbocycles. The number of nitrogens with zero attached hydrogens (tertiary/aromatic N) is 1. The molecule has 0 heterocycles. The first-order valence-electron chi connectivity index (χ1n) is 8.22. The maximum atomic E-state index is 12.2. The first-order chi connectivity index (χ1) is 10.5. The number of hydrogen-bond donors (Lipinski definition) is 2. The van der Waals surface area contributed by atoms with E-state index >= 15 is 0 Å². The van der Waals surface area contributed by atoms with E-state index in [0.717, 1.165) is 36.9 Å². The molecule has 0 saturated carbocycles. The molecule has 0 aliphatic rings. The minimum absolute atomic E-state index is 0.0626. The number of aliphatic hydroxyl groups is 1. The Balaban J connectivity index is 2.53. The van der Waals surface area contributed by atoms with E-state index in [2.05, 4.69) is 19.2 Å². The van der Waals surface area contributed by atoms with Gasteiger partial charge in [0, 0.05) is 32.2 Å². The van der Waals surface area contributed by atoms with Crippen LogP contribution in [0.15, 0.2) is 24.3 Å². The van der Waals surface area contributed by atoms with Gasteiger partial charge in [0.15, 0.2) is 0 Å². The molecule has 1 amide bonds. The lowest BCUT2D eigenvalue weighted by Gasteiger charge is -2.18. The molecule has 0 aromatic heterocycles. The minimum Gasteiger partial charge on any atom is -0.387 e. The average Bonchev–Trinajstić information content (AvgIpc) is 2.52. The van der Waals surface area contributed by atoms with Crippen LogP contribution in [0.3, 0.4) is 0 Å². The fourth-order valence-corrected chi connectivity index (χ4v) is 2.56. The number of amides is 1. The monoisotopic (exact) mass is 306 g/mol. The molecule has 1 aromatic rings. The predicted octanol–water partition coefficient (Wildman–Crippen LogP) is 3.12. The van der Waals surface area contributed by atoms with Gasteiger partial charge in [-0.15, -0.1) is 0 Å². The van der Waals surface area contributed by atoms with Crippen LogP contribution >= 0.6 is 0 Å². The zero-order valence-electron chi connectivity index (χ0n) is 14.3. The van der Waals surface area contributed by atoms with E-state index in [9.17, 15) is 9.90 Å². The summed E-state index contributed by atoms with van der Waals surface area (Å²) in [6.45, 7) is 4.46. The van der Waals surface area contributed by atoms with Gasteiger partial charge in [-0.05, 0) is 30.5 Å². The van der Waals surface area contributed by atoms with Crippen molar-refractivity contribution in [3.63, 3.8) is 0 Å². The lowest BCUT2D eigenvalue weighted by Crippen LogP contribution is -2.33. The summed E-state index contributed by atoms with van der Waals surface area (Å²) in [6, 6.07) is 7.75. The highest BCUT2D eigenvalue weighted by molar-refractivity contribution is 5.78. The summed E-state index contributed by atoms with van der Waals surface area (Å²) in [4.78, 5) is 14.2. The zero-order valence-corrected chi connectivity index (χ0v) is 14.3. The van der Waals surface area contributed by atoms with Gasteiger partial charge in [-0.25, -0.2) is 0 Å². The minimum atomic E-state index is -0.663. The van der Waals surface area contributed by atoms with Crippen molar-refractivity contribution in [1.82, 2.24) is 5.32 Å². The quantitative estimate of drug-likeness (QED) is 0.737. The molecule has 0 spiro atoms. The molecule has 1 rings (SSSR count). The Morgan fingerprint density at radius 1 is 1.14 bits per heavy atom. The second-order valence-corrected chi connectivity index (χ2v) is 6.02. The summed E-state index contributed by atoms with van der Waals surface area (Å²) in [5.41, 5.74) is 1.92. The highest BCUT2D eigenvalue weighted by atomic mass is 16.3. The number of hydrogen-bond acceptors (Lipinski definition) is 3. The van der Waals surface area contributed by atoms with Crippen LogP contribution in [-0.4, -0.2) is 31.7 Å². The van der Waals surface area contributed by atoms with Gasteiger partial charge in [-0.1, -0.05) is 38.8 Å². The van der Waals surface area contributed by atoms with Gasteiger partial charge in [0.1, 0.15) is 0 Å². The fourth-order valence-electron chi connectivity index (χ4n) is 2.56. The number of benzene rings is 1. The Morgan fingerprint density at radius 3 is 2.14 bits per heavy atom. The highest BCUT2D eigenvalue weighted by Gasteiger charge is 2.17. The van der Waals surface area contributed by atoms with Gasteiger partial charge in [0.25, 0.3) is 0 Å². The lowest BCUT2D eigenvalue weighted by molar-refractivity contribution is -0.125. The molecule has 4 nitrogen and oxygen atoms in total. The molecule has 0 aliphatic heterocycles. The Bertz CT molecular complexity index is 437. The third kappa shape index (κ3) is 5.68. The second-order valence-electron chi connectivity index (χ2n) is 6.02. The number of carbonyl (C=O) groups is 1. The van der Waals surface area contributed by atoms with E-state index in [1.54, 1.807) is 0 Å². The van der Waals surface area contributed by atoms with Crippen molar-refractivity contribution >= 4 is 11.6 Å². The van der Waals surface area contributed by atoms with Gasteiger partial charge in [0.05, 0.1) is 6.10 Å². The Hall–Kier alpha value is -1.55. The molecule has 1 unspecified atom stereocenters. The van der Waals surface area contributed by atoms with Gasteiger partial charge in [0.2, 0.25) is 5.91 Å². The Kier molecular flexibility index (Phi) is 7.96. The summed E-state index contributed by atoms with van der Waals surface area (Å²) < 4.78 is 0. The van der Waals surface area contributed by atoms with Gasteiger partial charge in [-0.2, -0.15) is 0 Å². The van der Waals surface area contributed by atoms with E-state index in [0.29, 0.717) is 0 Å². The summed E-state index contributed by atoms with van der Waals surface area (Å²) in [5, 5.41) is 13.1. The van der Waals surface area contributed by atoms with Crippen LogP contribution in [0.4, 0.5) is 5.69 Å². The van der Waals surface area contributed by atoms with Crippen LogP contribution in [0.25, 0.3) is 0 Å². The molecule has 0 saturated heterocycles. The van der Waals surface area contributed by atoms with E-state index in [1.165, 1.54) is 0 Å². The van der Waals surface area contributed by atoms with Crippen molar-refractivity contribution in [1.29, 1.82) is 0 Å². The lowest BCUT2D eigenvalue weighted by atomic mass is 9.97. The zero-order chi connectivity index (χ0) is 16.5. The topological polar surface area (TPSA) is 52.6 Å². The van der Waals surface area contributed by atoms with Gasteiger partial charge in [-0.3, -0.25) is 4.79 Å². The Labute approximate surface area is 134 Å². The molecular formula is C18H30N2O2. The van der Waals surface area contributed by atoms with Crippen molar-refractivity contribution in [2.45, 2.75) is 45.6 Å². The maximum absolute atomic E-state index is 12.2. The normalized spacial score (nSPS) is 12.3. The maximum Gasteiger partial charge on any atom is 0.223 e. The van der Waals surface area contributed by atoms with Crippen molar-refractivity contribution in [3.8, 4) is 0 Å². The molecule has 2 N–H and O–H groups in total. The first-order valence-corrected chi connectivity index (χ1v) is 8.22. The molecule has 1 aromatic carbocycles. The third-order valence-electron chi connectivity index (χ3n) is 3.91. The fraction of sp³-hybridized carbons (Fsp3) is 0.611. The predicted molar refractivity (Wildman–Crippen MR) is 92.0 cm³/mol. The largest absolute Gasteiger partial charge is 0.387 e. The van der Waals surface area contributed by atoms with Crippen LogP contribution in [0.2, 0.25) is 0 Å². The third-order valence-corrected chi connectivity index (χ3v) is 3.91. The summed E-state index contributed by atoms with van der Waals surface area (Å²) >= 11 is 0. The van der Waals surface area contributed by atoms with Crippen molar-refractivity contribution in [2.24, 2.45) is 5.92 Å². The number of aliphatic hydroxyl groups excluding tert-OH is 1. The molecule has 0 radical (unpaired) electrons. The van der Waals surface area contributed by atoms with E-state index in [4.69, 9.17) is 0 Å². The van der Waals surface area contributed by atoms with Crippen LogP contribution < -0.4 is 10.2 Å². The highest BCUT2D eigenvalue weighted by Crippen LogP contribution is 2.18. The van der Waals surface area contributed by atoms with Crippen molar-refractivity contribution in [3.05, 3.63) is 29.8 Å². The van der Waals surface area contributed by atoms with E-state index in [-0.39, 0.29) is 18.4 Å². The number of carbonyl (C=O) groups excluding carboxylic acids is 1. The summed E-state index contributed by atoms with van der Waals surface area (Å²) in [5.74, 6) is 0.131. The van der Waals surface area contributed by atoms with Crippen LogP contribution in [0, 0.1) is 5.92 Å². The number of rotatable bonds is 9. The summed E-state index contributed by atoms with van der Waals surface area (Å²) in [7, 11) is 3.96. The van der Waals surface area contributed by atoms with Crippen molar-refractivity contribution < 1.29 is 9.90 Å². The first kappa shape index (κ1) is 18.5. The standard InChI is InChI=1S/C18H30N2O2/c1-5-7-15(8-6-2)18(22)19-13-17(21)14-9-11-16(12-10-14)20(3)4/h9-12,15,17,21H,5-8,13H2,1-4H3,(H,19,22). The SMILES string of the molecule is CCCC(CCC)C(=O)NCC(O)c1ccc(N(C)C)cc1. The van der Waals surface area contributed by atoms with E-state index in [1.807, 2.05) is 43.3 Å². The Morgan fingerprint density at radius 2 is 1.68 bits per heavy atom. The number of nitrogens with one attached hydrogen (secondary N) is 1. The molecule has 0 fully saturated rings. The molecular weight excluding hydrogens is 276 g/mol. The van der Waals surface area contributed by atoms with Crippen LogP contribution in [0.5, 0.6) is 0 Å². The van der Waals surface area contributed by atoms with Gasteiger partial charge >= 0.3 is 0 Å². The second kappa shape index (κ2) is 9.46. The van der Waals surface area contributed by atoms with Crippen LogP contribution in [-0.2, 0) is 4.79 Å². The smallest absolute Gasteiger partial charge is 0.223 e.